The molecule has 0 fully saturated rings. The molecule has 1 aromatic heterocycles. The molecule has 0 bridgehead atoms. The largest absolute Gasteiger partial charge is 0.419 e. The van der Waals surface area contributed by atoms with E-state index >= 15 is 0 Å². The topological polar surface area (TPSA) is 50.2 Å². The highest BCUT2D eigenvalue weighted by atomic mass is 19.4. The molecule has 0 aliphatic carbocycles. The highest BCUT2D eigenvalue weighted by Crippen LogP contribution is 2.33. The van der Waals surface area contributed by atoms with Crippen molar-refractivity contribution >= 4 is 28.3 Å². The maximum atomic E-state index is 13.4. The third kappa shape index (κ3) is 3.57. The normalized spacial score (nSPS) is 11.7. The Balaban J connectivity index is 1.84. The van der Waals surface area contributed by atoms with Crippen LogP contribution in [0.4, 0.5) is 33.7 Å². The molecule has 0 saturated heterocycles. The maximum Gasteiger partial charge on any atom is 0.419 e. The zero-order valence-corrected chi connectivity index (χ0v) is 14.7. The van der Waals surface area contributed by atoms with E-state index in [0.29, 0.717) is 23.3 Å². The highest BCUT2D eigenvalue weighted by Gasteiger charge is 2.34. The van der Waals surface area contributed by atoms with E-state index in [2.05, 4.69) is 10.4 Å². The van der Waals surface area contributed by atoms with Crippen molar-refractivity contribution in [2.75, 3.05) is 17.3 Å². The minimum absolute atomic E-state index is 0.157. The van der Waals surface area contributed by atoms with Crippen LogP contribution in [0.15, 0.2) is 36.4 Å². The Morgan fingerprint density at radius 2 is 1.89 bits per heavy atom. The van der Waals surface area contributed by atoms with Crippen molar-refractivity contribution in [1.82, 2.24) is 9.78 Å². The van der Waals surface area contributed by atoms with E-state index in [-0.39, 0.29) is 5.69 Å². The quantitative estimate of drug-likeness (QED) is 0.655. The molecular formula is C18H16F4N4O. The Kier molecular flexibility index (Phi) is 4.54. The summed E-state index contributed by atoms with van der Waals surface area (Å²) in [6, 6.07) is 6.86. The summed E-state index contributed by atoms with van der Waals surface area (Å²) >= 11 is 0. The van der Waals surface area contributed by atoms with Gasteiger partial charge in [0.2, 0.25) is 0 Å². The Morgan fingerprint density at radius 1 is 1.19 bits per heavy atom. The monoisotopic (exact) mass is 380 g/mol. The van der Waals surface area contributed by atoms with Crippen LogP contribution in [0.25, 0.3) is 10.9 Å². The van der Waals surface area contributed by atoms with E-state index in [4.69, 9.17) is 0 Å². The molecule has 1 N–H and O–H groups in total. The van der Waals surface area contributed by atoms with Crippen LogP contribution in [0, 0.1) is 12.7 Å². The van der Waals surface area contributed by atoms with Crippen molar-refractivity contribution in [2.45, 2.75) is 13.1 Å². The van der Waals surface area contributed by atoms with Gasteiger partial charge in [0.15, 0.2) is 0 Å². The number of amides is 2. The number of anilines is 2. The fraction of sp³-hybridized carbons (Fsp3) is 0.222. The number of nitrogens with zero attached hydrogens (tertiary/aromatic N) is 3. The Morgan fingerprint density at radius 3 is 2.56 bits per heavy atom. The zero-order chi connectivity index (χ0) is 19.9. The summed E-state index contributed by atoms with van der Waals surface area (Å²) in [5, 5.41) is 7.61. The summed E-state index contributed by atoms with van der Waals surface area (Å²) in [5.41, 5.74) is 0.572. The second-order valence-corrected chi connectivity index (χ2v) is 6.09. The van der Waals surface area contributed by atoms with Crippen molar-refractivity contribution < 1.29 is 22.4 Å². The van der Waals surface area contributed by atoms with E-state index < -0.39 is 23.6 Å². The Hall–Kier alpha value is -3.10. The van der Waals surface area contributed by atoms with Crippen LogP contribution in [0.3, 0.4) is 0 Å². The first-order valence-electron chi connectivity index (χ1n) is 7.92. The molecule has 0 unspecified atom stereocenters. The lowest BCUT2D eigenvalue weighted by Crippen LogP contribution is -2.31. The van der Waals surface area contributed by atoms with E-state index in [1.165, 1.54) is 11.9 Å². The molecule has 0 saturated carbocycles. The summed E-state index contributed by atoms with van der Waals surface area (Å²) in [6.45, 7) is 1.91. The number of rotatable bonds is 2. The van der Waals surface area contributed by atoms with Crippen LogP contribution in [0.1, 0.15) is 11.3 Å². The number of benzene rings is 2. The van der Waals surface area contributed by atoms with Crippen LogP contribution >= 0.6 is 0 Å². The summed E-state index contributed by atoms with van der Waals surface area (Å²) in [6.07, 6.45) is -4.85. The molecule has 0 aliphatic heterocycles. The van der Waals surface area contributed by atoms with Crippen molar-refractivity contribution in [3.63, 3.8) is 0 Å². The number of alkyl halides is 3. The van der Waals surface area contributed by atoms with Gasteiger partial charge in [-0.3, -0.25) is 9.58 Å². The number of urea groups is 1. The average Bonchev–Trinajstić information content (AvgIpc) is 2.88. The van der Waals surface area contributed by atoms with Gasteiger partial charge in [-0.05, 0) is 43.3 Å². The van der Waals surface area contributed by atoms with Gasteiger partial charge in [-0.2, -0.15) is 18.3 Å². The molecule has 0 radical (unpaired) electrons. The van der Waals surface area contributed by atoms with Gasteiger partial charge in [-0.25, -0.2) is 9.18 Å². The molecular weight excluding hydrogens is 364 g/mol. The first-order valence-corrected chi connectivity index (χ1v) is 7.92. The number of aromatic nitrogens is 2. The number of nitrogens with one attached hydrogen (secondary N) is 1. The highest BCUT2D eigenvalue weighted by molar-refractivity contribution is 6.02. The van der Waals surface area contributed by atoms with Gasteiger partial charge in [0.1, 0.15) is 5.82 Å². The van der Waals surface area contributed by atoms with Crippen LogP contribution in [0.5, 0.6) is 0 Å². The van der Waals surface area contributed by atoms with Crippen LogP contribution in [0.2, 0.25) is 0 Å². The summed E-state index contributed by atoms with van der Waals surface area (Å²) in [4.78, 5) is 13.6. The van der Waals surface area contributed by atoms with Crippen LogP contribution in [-0.4, -0.2) is 22.9 Å². The summed E-state index contributed by atoms with van der Waals surface area (Å²) < 4.78 is 53.5. The number of hydrogen-bond donors (Lipinski definition) is 1. The molecule has 27 heavy (non-hydrogen) atoms. The molecule has 142 valence electrons. The van der Waals surface area contributed by atoms with Crippen LogP contribution in [-0.2, 0) is 13.2 Å². The predicted molar refractivity (Wildman–Crippen MR) is 94.3 cm³/mol. The molecule has 0 spiro atoms. The smallest absolute Gasteiger partial charge is 0.308 e. The van der Waals surface area contributed by atoms with Gasteiger partial charge in [-0.15, -0.1) is 0 Å². The maximum absolute atomic E-state index is 13.4. The number of halogens is 4. The van der Waals surface area contributed by atoms with E-state index in [1.807, 2.05) is 13.0 Å². The lowest BCUT2D eigenvalue weighted by Gasteiger charge is -2.19. The van der Waals surface area contributed by atoms with Gasteiger partial charge in [0.25, 0.3) is 0 Å². The number of fused-ring (bicyclic) bond motifs is 1. The SMILES string of the molecule is Cc1c2ccc(N(C)C(=O)Nc3ccc(F)c(C(F)(F)F)c3)cc2nn1C. The molecule has 5 nitrogen and oxygen atoms in total. The van der Waals surface area contributed by atoms with Crippen molar-refractivity contribution in [1.29, 1.82) is 0 Å². The van der Waals surface area contributed by atoms with Crippen molar-refractivity contribution in [2.24, 2.45) is 7.05 Å². The summed E-state index contributed by atoms with van der Waals surface area (Å²) in [5.74, 6) is -1.40. The second-order valence-electron chi connectivity index (χ2n) is 6.09. The number of hydrogen-bond acceptors (Lipinski definition) is 2. The number of carbonyl (C=O) groups is 1. The lowest BCUT2D eigenvalue weighted by molar-refractivity contribution is -0.139. The van der Waals surface area contributed by atoms with Gasteiger partial charge < -0.3 is 5.32 Å². The zero-order valence-electron chi connectivity index (χ0n) is 14.7. The van der Waals surface area contributed by atoms with E-state index in [0.717, 1.165) is 17.1 Å². The number of aryl methyl sites for hydroxylation is 2. The predicted octanol–water partition coefficient (Wildman–Crippen LogP) is 4.71. The van der Waals surface area contributed by atoms with Gasteiger partial charge in [-0.1, -0.05) is 0 Å². The van der Waals surface area contributed by atoms with E-state index in [9.17, 15) is 22.4 Å². The van der Waals surface area contributed by atoms with Crippen molar-refractivity contribution in [3.05, 3.63) is 53.5 Å². The third-order valence-electron chi connectivity index (χ3n) is 4.33. The number of carbonyl (C=O) groups excluding carboxylic acids is 1. The summed E-state index contributed by atoms with van der Waals surface area (Å²) in [7, 11) is 3.28. The average molecular weight is 380 g/mol. The van der Waals surface area contributed by atoms with Gasteiger partial charge in [0, 0.05) is 36.6 Å². The van der Waals surface area contributed by atoms with Gasteiger partial charge in [0.05, 0.1) is 11.1 Å². The fourth-order valence-corrected chi connectivity index (χ4v) is 2.67. The molecule has 9 heteroatoms. The minimum atomic E-state index is -4.85. The first kappa shape index (κ1) is 18.7. The molecule has 3 rings (SSSR count). The second kappa shape index (κ2) is 6.57. The molecule has 3 aromatic rings. The molecule has 1 heterocycles. The van der Waals surface area contributed by atoms with Crippen molar-refractivity contribution in [3.8, 4) is 0 Å². The lowest BCUT2D eigenvalue weighted by atomic mass is 10.2. The molecule has 0 atom stereocenters. The van der Waals surface area contributed by atoms with Crippen LogP contribution < -0.4 is 10.2 Å². The minimum Gasteiger partial charge on any atom is -0.308 e. The fourth-order valence-electron chi connectivity index (χ4n) is 2.67. The van der Waals surface area contributed by atoms with E-state index in [1.54, 1.807) is 23.9 Å². The molecule has 2 amide bonds. The first-order chi connectivity index (χ1) is 12.6. The molecule has 0 aliphatic rings. The molecule has 2 aromatic carbocycles. The third-order valence-corrected chi connectivity index (χ3v) is 4.33. The standard InChI is InChI=1S/C18H16F4N4O/c1-10-13-6-5-12(9-16(13)24-26(10)3)25(2)17(27)23-11-4-7-15(19)14(8-11)18(20,21)22/h4-9H,1-3H3,(H,23,27). The van der Waals surface area contributed by atoms with Gasteiger partial charge >= 0.3 is 12.2 Å². The Bertz CT molecular complexity index is 1030. The Labute approximate surface area is 152 Å².